The number of aryl methyl sites for hydroxylation is 2. The lowest BCUT2D eigenvalue weighted by Crippen LogP contribution is -2.31. The van der Waals surface area contributed by atoms with Gasteiger partial charge in [-0.3, -0.25) is 0 Å². The van der Waals surface area contributed by atoms with E-state index in [0.717, 1.165) is 11.1 Å². The Morgan fingerprint density at radius 1 is 1.24 bits per heavy atom. The highest BCUT2D eigenvalue weighted by Gasteiger charge is 2.11. The van der Waals surface area contributed by atoms with E-state index >= 15 is 0 Å². The Bertz CT molecular complexity index is 384. The molecule has 0 aliphatic rings. The molecule has 3 nitrogen and oxygen atoms in total. The van der Waals surface area contributed by atoms with Crippen molar-refractivity contribution in [2.75, 3.05) is 13.1 Å². The Hall–Kier alpha value is -1.51. The first-order valence-electron chi connectivity index (χ1n) is 6.06. The summed E-state index contributed by atoms with van der Waals surface area (Å²) in [5.74, 6) is 0. The maximum Gasteiger partial charge on any atom is 0.410 e. The molecular weight excluding hydrogens is 214 g/mol. The number of carbonyl (C=O) groups excluding carboxylic acids is 1. The summed E-state index contributed by atoms with van der Waals surface area (Å²) in [5, 5.41) is 0. The highest BCUT2D eigenvalue weighted by Crippen LogP contribution is 2.12. The molecule has 0 radical (unpaired) electrons. The van der Waals surface area contributed by atoms with Gasteiger partial charge in [0, 0.05) is 13.1 Å². The van der Waals surface area contributed by atoms with Gasteiger partial charge >= 0.3 is 6.09 Å². The van der Waals surface area contributed by atoms with Crippen molar-refractivity contribution in [3.05, 3.63) is 34.9 Å². The van der Waals surface area contributed by atoms with Crippen LogP contribution in [-0.2, 0) is 11.3 Å². The van der Waals surface area contributed by atoms with E-state index < -0.39 is 0 Å². The second-order valence-corrected chi connectivity index (χ2v) is 4.16. The van der Waals surface area contributed by atoms with E-state index in [1.54, 1.807) is 4.90 Å². The second-order valence-electron chi connectivity index (χ2n) is 4.16. The number of ether oxygens (including phenoxy) is 1. The molecule has 94 valence electrons. The molecule has 0 atom stereocenters. The Morgan fingerprint density at radius 3 is 2.41 bits per heavy atom. The van der Waals surface area contributed by atoms with Crippen LogP contribution in [0, 0.1) is 13.8 Å². The zero-order valence-corrected chi connectivity index (χ0v) is 11.1. The quantitative estimate of drug-likeness (QED) is 0.801. The third kappa shape index (κ3) is 3.77. The van der Waals surface area contributed by atoms with Gasteiger partial charge in [-0.2, -0.15) is 0 Å². The van der Waals surface area contributed by atoms with Crippen molar-refractivity contribution in [3.8, 4) is 0 Å². The molecule has 0 aliphatic carbocycles. The Kier molecular flexibility index (Phi) is 5.01. The number of amides is 1. The Balaban J connectivity index is 2.58. The molecule has 0 unspecified atom stereocenters. The summed E-state index contributed by atoms with van der Waals surface area (Å²) >= 11 is 0. The van der Waals surface area contributed by atoms with Crippen molar-refractivity contribution >= 4 is 6.09 Å². The van der Waals surface area contributed by atoms with Gasteiger partial charge in [-0.15, -0.1) is 0 Å². The van der Waals surface area contributed by atoms with Crippen molar-refractivity contribution in [1.82, 2.24) is 4.90 Å². The molecule has 0 N–H and O–H groups in total. The van der Waals surface area contributed by atoms with Gasteiger partial charge in [0.25, 0.3) is 0 Å². The van der Waals surface area contributed by atoms with E-state index in [9.17, 15) is 4.79 Å². The van der Waals surface area contributed by atoms with Gasteiger partial charge < -0.3 is 9.64 Å². The van der Waals surface area contributed by atoms with Crippen LogP contribution in [0.3, 0.4) is 0 Å². The average molecular weight is 235 g/mol. The minimum Gasteiger partial charge on any atom is -0.445 e. The third-order valence-corrected chi connectivity index (χ3v) is 2.87. The van der Waals surface area contributed by atoms with Gasteiger partial charge in [-0.1, -0.05) is 23.8 Å². The van der Waals surface area contributed by atoms with Gasteiger partial charge in [0.1, 0.15) is 6.61 Å². The highest BCUT2D eigenvalue weighted by molar-refractivity contribution is 5.67. The zero-order chi connectivity index (χ0) is 12.8. The van der Waals surface area contributed by atoms with Crippen molar-refractivity contribution in [1.29, 1.82) is 0 Å². The highest BCUT2D eigenvalue weighted by atomic mass is 16.6. The maximum atomic E-state index is 11.7. The van der Waals surface area contributed by atoms with Crippen LogP contribution in [0.1, 0.15) is 30.5 Å². The number of carbonyl (C=O) groups is 1. The van der Waals surface area contributed by atoms with Gasteiger partial charge in [-0.25, -0.2) is 4.79 Å². The molecule has 0 spiro atoms. The molecule has 3 heteroatoms. The molecule has 17 heavy (non-hydrogen) atoms. The fourth-order valence-corrected chi connectivity index (χ4v) is 1.72. The lowest BCUT2D eigenvalue weighted by Gasteiger charge is -2.18. The summed E-state index contributed by atoms with van der Waals surface area (Å²) in [7, 11) is 0. The van der Waals surface area contributed by atoms with Crippen LogP contribution in [0.5, 0.6) is 0 Å². The van der Waals surface area contributed by atoms with E-state index in [4.69, 9.17) is 4.74 Å². The first kappa shape index (κ1) is 13.6. The van der Waals surface area contributed by atoms with Crippen molar-refractivity contribution in [3.63, 3.8) is 0 Å². The lowest BCUT2D eigenvalue weighted by atomic mass is 10.1. The molecule has 0 bridgehead atoms. The SMILES string of the molecule is CCN(CC)C(=O)OCc1ccc(C)cc1C. The standard InChI is InChI=1S/C14H21NO2/c1-5-15(6-2)14(16)17-10-13-8-7-11(3)9-12(13)4/h7-9H,5-6,10H2,1-4H3. The number of rotatable bonds is 4. The maximum absolute atomic E-state index is 11.7. The molecule has 1 aromatic rings. The first-order valence-corrected chi connectivity index (χ1v) is 6.06. The van der Waals surface area contributed by atoms with E-state index in [1.165, 1.54) is 5.56 Å². The fourth-order valence-electron chi connectivity index (χ4n) is 1.72. The monoisotopic (exact) mass is 235 g/mol. The van der Waals surface area contributed by atoms with Crippen molar-refractivity contribution in [2.24, 2.45) is 0 Å². The van der Waals surface area contributed by atoms with Crippen LogP contribution in [0.25, 0.3) is 0 Å². The van der Waals surface area contributed by atoms with Crippen LogP contribution >= 0.6 is 0 Å². The van der Waals surface area contributed by atoms with Crippen molar-refractivity contribution in [2.45, 2.75) is 34.3 Å². The second kappa shape index (κ2) is 6.28. The molecule has 1 rings (SSSR count). The number of benzene rings is 1. The van der Waals surface area contributed by atoms with Gasteiger partial charge in [0.05, 0.1) is 0 Å². The topological polar surface area (TPSA) is 29.5 Å². The van der Waals surface area contributed by atoms with Crippen LogP contribution in [0.15, 0.2) is 18.2 Å². The van der Waals surface area contributed by atoms with Crippen LogP contribution in [0.2, 0.25) is 0 Å². The molecular formula is C14H21NO2. The van der Waals surface area contributed by atoms with Crippen molar-refractivity contribution < 1.29 is 9.53 Å². The van der Waals surface area contributed by atoms with Crippen LogP contribution < -0.4 is 0 Å². The smallest absolute Gasteiger partial charge is 0.410 e. The number of hydrogen-bond acceptors (Lipinski definition) is 2. The predicted molar refractivity (Wildman–Crippen MR) is 69.0 cm³/mol. The number of hydrogen-bond donors (Lipinski definition) is 0. The van der Waals surface area contributed by atoms with E-state index in [0.29, 0.717) is 19.7 Å². The van der Waals surface area contributed by atoms with Gasteiger partial charge in [0.15, 0.2) is 0 Å². The minimum atomic E-state index is -0.241. The lowest BCUT2D eigenvalue weighted by molar-refractivity contribution is 0.0997. The van der Waals surface area contributed by atoms with Gasteiger partial charge in [0.2, 0.25) is 0 Å². The Labute approximate surface area is 103 Å². The molecule has 0 aliphatic heterocycles. The zero-order valence-electron chi connectivity index (χ0n) is 11.1. The first-order chi connectivity index (χ1) is 8.08. The van der Waals surface area contributed by atoms with Crippen LogP contribution in [-0.4, -0.2) is 24.1 Å². The number of nitrogens with zero attached hydrogens (tertiary/aromatic N) is 1. The molecule has 0 heterocycles. The summed E-state index contributed by atoms with van der Waals surface area (Å²) in [6, 6.07) is 6.15. The summed E-state index contributed by atoms with van der Waals surface area (Å²) < 4.78 is 5.28. The summed E-state index contributed by atoms with van der Waals surface area (Å²) in [6.07, 6.45) is -0.241. The molecule has 0 saturated heterocycles. The van der Waals surface area contributed by atoms with Gasteiger partial charge in [-0.05, 0) is 38.8 Å². The van der Waals surface area contributed by atoms with Crippen LogP contribution in [0.4, 0.5) is 4.79 Å². The third-order valence-electron chi connectivity index (χ3n) is 2.87. The fraction of sp³-hybridized carbons (Fsp3) is 0.500. The molecule has 0 aromatic heterocycles. The Morgan fingerprint density at radius 2 is 1.88 bits per heavy atom. The minimum absolute atomic E-state index is 0.241. The average Bonchev–Trinajstić information content (AvgIpc) is 2.29. The van der Waals surface area contributed by atoms with E-state index in [2.05, 4.69) is 13.0 Å². The summed E-state index contributed by atoms with van der Waals surface area (Å²) in [5.41, 5.74) is 3.45. The molecule has 0 saturated carbocycles. The van der Waals surface area contributed by atoms with E-state index in [-0.39, 0.29) is 6.09 Å². The largest absolute Gasteiger partial charge is 0.445 e. The summed E-state index contributed by atoms with van der Waals surface area (Å²) in [4.78, 5) is 13.3. The predicted octanol–water partition coefficient (Wildman–Crippen LogP) is 3.28. The molecule has 1 amide bonds. The summed E-state index contributed by atoms with van der Waals surface area (Å²) in [6.45, 7) is 9.70. The van der Waals surface area contributed by atoms with E-state index in [1.807, 2.05) is 32.9 Å². The normalized spacial score (nSPS) is 10.1. The molecule has 1 aromatic carbocycles. The molecule has 0 fully saturated rings.